The maximum atomic E-state index is 13.6. The van der Waals surface area contributed by atoms with Crippen molar-refractivity contribution in [3.05, 3.63) is 34.7 Å². The molecule has 0 amide bonds. The van der Waals surface area contributed by atoms with E-state index in [4.69, 9.17) is 16.9 Å². The van der Waals surface area contributed by atoms with Gasteiger partial charge in [-0.25, -0.2) is 4.39 Å². The molecule has 0 aliphatic heterocycles. The lowest BCUT2D eigenvalue weighted by Gasteiger charge is -1.97. The highest BCUT2D eigenvalue weighted by Gasteiger charge is 2.11. The lowest BCUT2D eigenvalue weighted by molar-refractivity contribution is 0.640. The van der Waals surface area contributed by atoms with Crippen molar-refractivity contribution in [2.45, 2.75) is 6.42 Å². The van der Waals surface area contributed by atoms with Crippen LogP contribution >= 0.6 is 11.6 Å². The fourth-order valence-electron chi connectivity index (χ4n) is 1.45. The Kier molecular flexibility index (Phi) is 2.14. The zero-order chi connectivity index (χ0) is 10.1. The lowest BCUT2D eigenvalue weighted by Crippen LogP contribution is -1.83. The SMILES string of the molecule is N#CCc1c[nH]c2ccc(Cl)c(F)c12. The first-order chi connectivity index (χ1) is 6.74. The summed E-state index contributed by atoms with van der Waals surface area (Å²) in [6, 6.07) is 5.17. The van der Waals surface area contributed by atoms with Crippen LogP contribution in [0.25, 0.3) is 10.9 Å². The number of hydrogen-bond donors (Lipinski definition) is 1. The summed E-state index contributed by atoms with van der Waals surface area (Å²) < 4.78 is 13.6. The van der Waals surface area contributed by atoms with Gasteiger partial charge in [0.15, 0.2) is 5.82 Å². The molecule has 1 heterocycles. The van der Waals surface area contributed by atoms with Crippen molar-refractivity contribution in [1.29, 1.82) is 5.26 Å². The summed E-state index contributed by atoms with van der Waals surface area (Å²) in [6.45, 7) is 0. The van der Waals surface area contributed by atoms with Crippen molar-refractivity contribution in [3.63, 3.8) is 0 Å². The Morgan fingerprint density at radius 1 is 1.50 bits per heavy atom. The number of nitrogens with zero attached hydrogens (tertiary/aromatic N) is 1. The smallest absolute Gasteiger partial charge is 0.151 e. The Balaban J connectivity index is 2.77. The zero-order valence-electron chi connectivity index (χ0n) is 7.14. The van der Waals surface area contributed by atoms with E-state index in [-0.39, 0.29) is 11.4 Å². The lowest BCUT2D eigenvalue weighted by atomic mass is 10.1. The predicted octanol–water partition coefficient (Wildman–Crippen LogP) is 3.03. The van der Waals surface area contributed by atoms with Crippen LogP contribution in [-0.4, -0.2) is 4.98 Å². The van der Waals surface area contributed by atoms with E-state index >= 15 is 0 Å². The zero-order valence-corrected chi connectivity index (χ0v) is 7.90. The highest BCUT2D eigenvalue weighted by atomic mass is 35.5. The first-order valence-electron chi connectivity index (χ1n) is 4.05. The average molecular weight is 209 g/mol. The molecule has 1 N–H and O–H groups in total. The van der Waals surface area contributed by atoms with E-state index in [0.717, 1.165) is 0 Å². The summed E-state index contributed by atoms with van der Waals surface area (Å²) in [6.07, 6.45) is 1.81. The van der Waals surface area contributed by atoms with Gasteiger partial charge in [-0.05, 0) is 17.7 Å². The molecule has 0 fully saturated rings. The van der Waals surface area contributed by atoms with E-state index < -0.39 is 5.82 Å². The molecule has 0 saturated heterocycles. The molecule has 1 aromatic carbocycles. The van der Waals surface area contributed by atoms with Crippen LogP contribution in [0, 0.1) is 17.1 Å². The molecule has 0 unspecified atom stereocenters. The molecule has 0 aliphatic carbocycles. The maximum absolute atomic E-state index is 13.6. The third kappa shape index (κ3) is 1.24. The summed E-state index contributed by atoms with van der Waals surface area (Å²) in [5, 5.41) is 9.03. The van der Waals surface area contributed by atoms with Gasteiger partial charge in [0.05, 0.1) is 17.5 Å². The Bertz CT molecular complexity index is 525. The van der Waals surface area contributed by atoms with Gasteiger partial charge in [0.1, 0.15) is 0 Å². The summed E-state index contributed by atoms with van der Waals surface area (Å²) in [4.78, 5) is 2.89. The molecule has 2 nitrogen and oxygen atoms in total. The Morgan fingerprint density at radius 3 is 3.00 bits per heavy atom. The number of H-pyrrole nitrogens is 1. The number of aromatic amines is 1. The third-order valence-corrected chi connectivity index (χ3v) is 2.38. The number of fused-ring (bicyclic) bond motifs is 1. The Labute approximate surface area is 84.9 Å². The van der Waals surface area contributed by atoms with Crippen LogP contribution in [0.4, 0.5) is 4.39 Å². The Morgan fingerprint density at radius 2 is 2.29 bits per heavy atom. The minimum atomic E-state index is -0.462. The average Bonchev–Trinajstić information content (AvgIpc) is 2.57. The largest absolute Gasteiger partial charge is 0.361 e. The topological polar surface area (TPSA) is 39.6 Å². The monoisotopic (exact) mass is 208 g/mol. The van der Waals surface area contributed by atoms with Crippen LogP contribution in [0.1, 0.15) is 5.56 Å². The number of aromatic nitrogens is 1. The van der Waals surface area contributed by atoms with Gasteiger partial charge < -0.3 is 4.98 Å². The normalized spacial score (nSPS) is 10.4. The van der Waals surface area contributed by atoms with Gasteiger partial charge in [0.2, 0.25) is 0 Å². The standard InChI is InChI=1S/C10H6ClFN2/c11-7-1-2-8-9(10(7)12)6(3-4-13)5-14-8/h1-2,5,14H,3H2. The predicted molar refractivity (Wildman–Crippen MR) is 52.6 cm³/mol. The van der Waals surface area contributed by atoms with Crippen molar-refractivity contribution in [2.75, 3.05) is 0 Å². The fourth-order valence-corrected chi connectivity index (χ4v) is 1.60. The maximum Gasteiger partial charge on any atom is 0.151 e. The third-order valence-electron chi connectivity index (χ3n) is 2.09. The van der Waals surface area contributed by atoms with E-state index in [1.165, 1.54) is 6.07 Å². The summed E-state index contributed by atoms with van der Waals surface area (Å²) in [5.41, 5.74) is 1.31. The van der Waals surface area contributed by atoms with Gasteiger partial charge in [0, 0.05) is 17.1 Å². The van der Waals surface area contributed by atoms with Gasteiger partial charge in [-0.15, -0.1) is 0 Å². The Hall–Kier alpha value is -1.53. The molecular formula is C10H6ClFN2. The van der Waals surface area contributed by atoms with Crippen molar-refractivity contribution in [1.82, 2.24) is 4.98 Å². The number of nitrogens with one attached hydrogen (secondary N) is 1. The van der Waals surface area contributed by atoms with E-state index in [9.17, 15) is 4.39 Å². The molecule has 2 aromatic rings. The first kappa shape index (κ1) is 9.04. The number of nitriles is 1. The fraction of sp³-hybridized carbons (Fsp3) is 0.100. The van der Waals surface area contributed by atoms with Gasteiger partial charge in [-0.3, -0.25) is 0 Å². The molecule has 0 aliphatic rings. The van der Waals surface area contributed by atoms with Gasteiger partial charge in [-0.2, -0.15) is 5.26 Å². The van der Waals surface area contributed by atoms with E-state index in [1.807, 2.05) is 6.07 Å². The highest BCUT2D eigenvalue weighted by Crippen LogP contribution is 2.27. The van der Waals surface area contributed by atoms with Gasteiger partial charge in [0.25, 0.3) is 0 Å². The quantitative estimate of drug-likeness (QED) is 0.769. The van der Waals surface area contributed by atoms with E-state index in [2.05, 4.69) is 4.98 Å². The number of rotatable bonds is 1. The van der Waals surface area contributed by atoms with E-state index in [1.54, 1.807) is 12.3 Å². The molecule has 0 atom stereocenters. The first-order valence-corrected chi connectivity index (χ1v) is 4.42. The van der Waals surface area contributed by atoms with Crippen molar-refractivity contribution >= 4 is 22.5 Å². The minimum Gasteiger partial charge on any atom is -0.361 e. The summed E-state index contributed by atoms with van der Waals surface area (Å²) >= 11 is 5.64. The van der Waals surface area contributed by atoms with Crippen LogP contribution in [-0.2, 0) is 6.42 Å². The minimum absolute atomic E-state index is 0.0799. The van der Waals surface area contributed by atoms with E-state index in [0.29, 0.717) is 16.5 Å². The summed E-state index contributed by atoms with van der Waals surface area (Å²) in [7, 11) is 0. The molecule has 1 aromatic heterocycles. The highest BCUT2D eigenvalue weighted by molar-refractivity contribution is 6.31. The molecule has 0 bridgehead atoms. The summed E-state index contributed by atoms with van der Waals surface area (Å²) in [5.74, 6) is -0.462. The number of halogens is 2. The van der Waals surface area contributed by atoms with Gasteiger partial charge >= 0.3 is 0 Å². The second-order valence-electron chi connectivity index (χ2n) is 2.93. The molecule has 0 spiro atoms. The number of hydrogen-bond acceptors (Lipinski definition) is 1. The van der Waals surface area contributed by atoms with Crippen molar-refractivity contribution in [3.8, 4) is 6.07 Å². The van der Waals surface area contributed by atoms with Gasteiger partial charge in [-0.1, -0.05) is 11.6 Å². The van der Waals surface area contributed by atoms with Crippen LogP contribution in [0.2, 0.25) is 5.02 Å². The van der Waals surface area contributed by atoms with Crippen LogP contribution in [0.15, 0.2) is 18.3 Å². The second-order valence-corrected chi connectivity index (χ2v) is 3.34. The van der Waals surface area contributed by atoms with Crippen LogP contribution < -0.4 is 0 Å². The second kappa shape index (κ2) is 3.32. The van der Waals surface area contributed by atoms with Crippen LogP contribution in [0.3, 0.4) is 0 Å². The molecular weight excluding hydrogens is 203 g/mol. The van der Waals surface area contributed by atoms with Crippen molar-refractivity contribution < 1.29 is 4.39 Å². The number of benzene rings is 1. The van der Waals surface area contributed by atoms with Crippen molar-refractivity contribution in [2.24, 2.45) is 0 Å². The molecule has 0 saturated carbocycles. The molecule has 70 valence electrons. The molecule has 0 radical (unpaired) electrons. The molecule has 4 heteroatoms. The van der Waals surface area contributed by atoms with Crippen LogP contribution in [0.5, 0.6) is 0 Å². The molecule has 14 heavy (non-hydrogen) atoms. The molecule has 2 rings (SSSR count).